The first-order valence-electron chi connectivity index (χ1n) is 4.56. The highest BCUT2D eigenvalue weighted by Crippen LogP contribution is 2.07. The highest BCUT2D eigenvalue weighted by Gasteiger charge is 1.97. The van der Waals surface area contributed by atoms with Gasteiger partial charge in [-0.15, -0.1) is 0 Å². The lowest BCUT2D eigenvalue weighted by Crippen LogP contribution is -2.02. The summed E-state index contributed by atoms with van der Waals surface area (Å²) < 4.78 is 30.8. The maximum Gasteiger partial charge on any atom is 0.265 e. The topological polar surface area (TPSA) is 52.6 Å². The van der Waals surface area contributed by atoms with Gasteiger partial charge in [0, 0.05) is 0 Å². The third-order valence-corrected chi connectivity index (χ3v) is 2.07. The van der Waals surface area contributed by atoms with Crippen LogP contribution in [0.25, 0.3) is 0 Å². The quantitative estimate of drug-likeness (QED) is 0.583. The maximum atomic E-state index is 10.6. The Hall–Kier alpha value is -1.51. The van der Waals surface area contributed by atoms with Crippen LogP contribution in [0.5, 0.6) is 5.75 Å². The van der Waals surface area contributed by atoms with E-state index in [2.05, 4.69) is 16.0 Å². The van der Waals surface area contributed by atoms with Gasteiger partial charge in [0.15, 0.2) is 0 Å². The Bertz CT molecular complexity index is 468. The summed E-state index contributed by atoms with van der Waals surface area (Å²) in [6.07, 6.45) is 0.981. The van der Waals surface area contributed by atoms with Crippen molar-refractivity contribution in [1.82, 2.24) is 0 Å². The van der Waals surface area contributed by atoms with Crippen LogP contribution in [0.2, 0.25) is 0 Å². The van der Waals surface area contributed by atoms with Gasteiger partial charge >= 0.3 is 0 Å². The van der Waals surface area contributed by atoms with Crippen LogP contribution >= 0.6 is 0 Å². The van der Waals surface area contributed by atoms with Gasteiger partial charge in [0.05, 0.1) is 6.26 Å². The monoisotopic (exact) mass is 240 g/mol. The Kier molecular flexibility index (Phi) is 4.83. The molecule has 0 radical (unpaired) electrons. The molecule has 0 aliphatic heterocycles. The van der Waals surface area contributed by atoms with Gasteiger partial charge in [-0.2, -0.15) is 8.42 Å². The van der Waals surface area contributed by atoms with Crippen LogP contribution in [0.4, 0.5) is 0 Å². The van der Waals surface area contributed by atoms with Crippen LogP contribution in [-0.4, -0.2) is 27.9 Å². The number of para-hydroxylation sites is 1. The molecule has 0 atom stereocenters. The van der Waals surface area contributed by atoms with Crippen LogP contribution in [0, 0.1) is 11.8 Å². The van der Waals surface area contributed by atoms with Crippen molar-refractivity contribution in [3.63, 3.8) is 0 Å². The van der Waals surface area contributed by atoms with Gasteiger partial charge in [0.2, 0.25) is 0 Å². The van der Waals surface area contributed by atoms with Crippen molar-refractivity contribution in [1.29, 1.82) is 0 Å². The Morgan fingerprint density at radius 2 is 1.75 bits per heavy atom. The fraction of sp³-hybridized carbons (Fsp3) is 0.273. The molecule has 0 unspecified atom stereocenters. The van der Waals surface area contributed by atoms with Crippen LogP contribution in [0.1, 0.15) is 0 Å². The number of benzene rings is 1. The number of hydrogen-bond donors (Lipinski definition) is 0. The van der Waals surface area contributed by atoms with Crippen molar-refractivity contribution in [3.8, 4) is 17.6 Å². The summed E-state index contributed by atoms with van der Waals surface area (Å²) in [4.78, 5) is 0. The van der Waals surface area contributed by atoms with Crippen molar-refractivity contribution in [3.05, 3.63) is 30.3 Å². The largest absolute Gasteiger partial charge is 0.481 e. The number of rotatable bonds is 4. The zero-order chi connectivity index (χ0) is 11.9. The summed E-state index contributed by atoms with van der Waals surface area (Å²) in [5.41, 5.74) is 0. The van der Waals surface area contributed by atoms with Gasteiger partial charge in [-0.1, -0.05) is 30.0 Å². The lowest BCUT2D eigenvalue weighted by Gasteiger charge is -1.99. The van der Waals surface area contributed by atoms with Crippen LogP contribution in [-0.2, 0) is 14.3 Å². The molecule has 0 bridgehead atoms. The summed E-state index contributed by atoms with van der Waals surface area (Å²) >= 11 is 0. The van der Waals surface area contributed by atoms with Crippen molar-refractivity contribution in [2.24, 2.45) is 0 Å². The second-order valence-corrected chi connectivity index (χ2v) is 4.57. The molecule has 1 aromatic carbocycles. The van der Waals surface area contributed by atoms with Crippen LogP contribution in [0.3, 0.4) is 0 Å². The molecule has 0 heterocycles. The minimum atomic E-state index is -3.41. The Morgan fingerprint density at radius 3 is 2.38 bits per heavy atom. The molecule has 16 heavy (non-hydrogen) atoms. The minimum absolute atomic E-state index is 0.142. The molecule has 1 aromatic rings. The SMILES string of the molecule is CS(=O)(=O)OCC#CCOc1ccccc1. The average molecular weight is 240 g/mol. The lowest BCUT2D eigenvalue weighted by atomic mass is 10.3. The zero-order valence-corrected chi connectivity index (χ0v) is 9.66. The van der Waals surface area contributed by atoms with Gasteiger partial charge in [-0.05, 0) is 12.1 Å². The smallest absolute Gasteiger partial charge is 0.265 e. The van der Waals surface area contributed by atoms with Gasteiger partial charge in [-0.3, -0.25) is 4.18 Å². The second-order valence-electron chi connectivity index (χ2n) is 2.92. The molecule has 1 rings (SSSR count). The molecule has 0 aliphatic carbocycles. The van der Waals surface area contributed by atoms with E-state index in [0.29, 0.717) is 0 Å². The van der Waals surface area contributed by atoms with E-state index >= 15 is 0 Å². The molecular weight excluding hydrogens is 228 g/mol. The third kappa shape index (κ3) is 6.06. The fourth-order valence-corrected chi connectivity index (χ4v) is 1.15. The molecule has 86 valence electrons. The Labute approximate surface area is 95.3 Å². The van der Waals surface area contributed by atoms with Crippen molar-refractivity contribution >= 4 is 10.1 Å². The Balaban J connectivity index is 2.24. The number of ether oxygens (including phenoxy) is 1. The predicted octanol–water partition coefficient (Wildman–Crippen LogP) is 1.05. The molecular formula is C11H12O4S. The first-order chi connectivity index (χ1) is 7.58. The second kappa shape index (κ2) is 6.16. The maximum absolute atomic E-state index is 10.6. The molecule has 0 aromatic heterocycles. The first kappa shape index (κ1) is 12.6. The summed E-state index contributed by atoms with van der Waals surface area (Å²) in [6.45, 7) is 0.0636. The molecule has 0 aliphatic rings. The summed E-state index contributed by atoms with van der Waals surface area (Å²) in [6, 6.07) is 9.23. The summed E-state index contributed by atoms with van der Waals surface area (Å²) in [7, 11) is -3.41. The van der Waals surface area contributed by atoms with E-state index in [4.69, 9.17) is 4.74 Å². The van der Waals surface area contributed by atoms with E-state index in [1.165, 1.54) is 0 Å². The molecule has 0 N–H and O–H groups in total. The van der Waals surface area contributed by atoms with E-state index in [1.807, 2.05) is 30.3 Å². The number of hydrogen-bond acceptors (Lipinski definition) is 4. The molecule has 0 saturated carbocycles. The van der Waals surface area contributed by atoms with Gasteiger partial charge < -0.3 is 4.74 Å². The van der Waals surface area contributed by atoms with Gasteiger partial charge in [-0.25, -0.2) is 0 Å². The molecule has 0 amide bonds. The van der Waals surface area contributed by atoms with Crippen LogP contribution < -0.4 is 4.74 Å². The fourth-order valence-electron chi connectivity index (χ4n) is 0.875. The molecule has 4 nitrogen and oxygen atoms in total. The summed E-state index contributed by atoms with van der Waals surface area (Å²) in [5, 5.41) is 0. The third-order valence-electron chi connectivity index (χ3n) is 1.52. The van der Waals surface area contributed by atoms with E-state index in [9.17, 15) is 8.42 Å². The highest BCUT2D eigenvalue weighted by molar-refractivity contribution is 7.85. The van der Waals surface area contributed by atoms with Crippen molar-refractivity contribution < 1.29 is 17.3 Å². The molecule has 0 fully saturated rings. The average Bonchev–Trinajstić information content (AvgIpc) is 2.23. The van der Waals surface area contributed by atoms with E-state index in [1.54, 1.807) is 0 Å². The zero-order valence-electron chi connectivity index (χ0n) is 8.84. The molecule has 0 spiro atoms. The molecule has 5 heteroatoms. The standard InChI is InChI=1S/C11H12O4S/c1-16(12,13)15-10-6-5-9-14-11-7-3-2-4-8-11/h2-4,7-8H,9-10H2,1H3. The van der Waals surface area contributed by atoms with E-state index < -0.39 is 10.1 Å². The van der Waals surface area contributed by atoms with Crippen molar-refractivity contribution in [2.45, 2.75) is 0 Å². The van der Waals surface area contributed by atoms with E-state index in [-0.39, 0.29) is 13.2 Å². The van der Waals surface area contributed by atoms with E-state index in [0.717, 1.165) is 12.0 Å². The predicted molar refractivity (Wildman–Crippen MR) is 60.5 cm³/mol. The highest BCUT2D eigenvalue weighted by atomic mass is 32.2. The van der Waals surface area contributed by atoms with Crippen LogP contribution in [0.15, 0.2) is 30.3 Å². The van der Waals surface area contributed by atoms with Gasteiger partial charge in [0.25, 0.3) is 10.1 Å². The minimum Gasteiger partial charge on any atom is -0.481 e. The molecule has 0 saturated heterocycles. The Morgan fingerprint density at radius 1 is 1.12 bits per heavy atom. The lowest BCUT2D eigenvalue weighted by molar-refractivity contribution is 0.361. The first-order valence-corrected chi connectivity index (χ1v) is 6.37. The normalized spacial score (nSPS) is 10.3. The van der Waals surface area contributed by atoms with Crippen molar-refractivity contribution in [2.75, 3.05) is 19.5 Å². The summed E-state index contributed by atoms with van der Waals surface area (Å²) in [5.74, 6) is 5.90. The van der Waals surface area contributed by atoms with Gasteiger partial charge in [0.1, 0.15) is 19.0 Å².